The van der Waals surface area contributed by atoms with Crippen molar-refractivity contribution in [3.8, 4) is 5.75 Å². The van der Waals surface area contributed by atoms with E-state index in [1.807, 2.05) is 6.07 Å². The SMILES string of the molecule is O=S(=O)(c1ccc(OCCN2CCCCCC2c2ccco2)cc1)N1CCOCC1. The Balaban J connectivity index is 1.33. The summed E-state index contributed by atoms with van der Waals surface area (Å²) in [7, 11) is -3.47. The van der Waals surface area contributed by atoms with Crippen LogP contribution in [-0.4, -0.2) is 63.6 Å². The molecular weight excluding hydrogens is 404 g/mol. The van der Waals surface area contributed by atoms with E-state index < -0.39 is 10.0 Å². The molecule has 0 saturated carbocycles. The molecule has 2 aliphatic rings. The van der Waals surface area contributed by atoms with Gasteiger partial charge in [-0.2, -0.15) is 4.31 Å². The summed E-state index contributed by atoms with van der Waals surface area (Å²) < 4.78 is 43.7. The van der Waals surface area contributed by atoms with Crippen molar-refractivity contribution in [3.63, 3.8) is 0 Å². The first-order chi connectivity index (χ1) is 14.6. The quantitative estimate of drug-likeness (QED) is 0.666. The van der Waals surface area contributed by atoms with Gasteiger partial charge < -0.3 is 13.9 Å². The minimum Gasteiger partial charge on any atom is -0.492 e. The molecule has 2 aromatic rings. The highest BCUT2D eigenvalue weighted by Gasteiger charge is 2.26. The summed E-state index contributed by atoms with van der Waals surface area (Å²) in [6.45, 7) is 4.06. The van der Waals surface area contributed by atoms with Gasteiger partial charge >= 0.3 is 0 Å². The lowest BCUT2D eigenvalue weighted by atomic mass is 10.1. The van der Waals surface area contributed by atoms with Crippen molar-refractivity contribution in [3.05, 3.63) is 48.4 Å². The van der Waals surface area contributed by atoms with Gasteiger partial charge in [0.15, 0.2) is 0 Å². The van der Waals surface area contributed by atoms with Gasteiger partial charge in [0.1, 0.15) is 18.1 Å². The van der Waals surface area contributed by atoms with Crippen LogP contribution in [0, 0.1) is 0 Å². The van der Waals surface area contributed by atoms with Crippen LogP contribution in [0.4, 0.5) is 0 Å². The van der Waals surface area contributed by atoms with Crippen molar-refractivity contribution in [1.29, 1.82) is 0 Å². The van der Waals surface area contributed by atoms with Crippen LogP contribution >= 0.6 is 0 Å². The van der Waals surface area contributed by atoms with Crippen LogP contribution in [0.15, 0.2) is 52.0 Å². The summed E-state index contributed by atoms with van der Waals surface area (Å²) in [6.07, 6.45) is 6.48. The Bertz CT molecular complexity index is 877. The molecule has 0 radical (unpaired) electrons. The van der Waals surface area contributed by atoms with Crippen LogP contribution in [-0.2, 0) is 14.8 Å². The van der Waals surface area contributed by atoms with E-state index in [0.717, 1.165) is 25.3 Å². The minimum atomic E-state index is -3.47. The highest BCUT2D eigenvalue weighted by molar-refractivity contribution is 7.89. The molecule has 1 aromatic carbocycles. The lowest BCUT2D eigenvalue weighted by Crippen LogP contribution is -2.40. The normalized spacial score (nSPS) is 21.9. The fourth-order valence-corrected chi connectivity index (χ4v) is 5.57. The Morgan fingerprint density at radius 3 is 2.53 bits per heavy atom. The second-order valence-electron chi connectivity index (χ2n) is 7.75. The van der Waals surface area contributed by atoms with E-state index in [2.05, 4.69) is 11.0 Å². The number of furan rings is 1. The summed E-state index contributed by atoms with van der Waals surface area (Å²) >= 11 is 0. The summed E-state index contributed by atoms with van der Waals surface area (Å²) in [5.41, 5.74) is 0. The number of likely N-dealkylation sites (tertiary alicyclic amines) is 1. The molecule has 8 heteroatoms. The maximum atomic E-state index is 12.7. The van der Waals surface area contributed by atoms with Gasteiger partial charge in [0.2, 0.25) is 10.0 Å². The molecule has 164 valence electrons. The number of hydrogen-bond donors (Lipinski definition) is 0. The Morgan fingerprint density at radius 2 is 1.80 bits per heavy atom. The van der Waals surface area contributed by atoms with E-state index >= 15 is 0 Å². The van der Waals surface area contributed by atoms with E-state index in [4.69, 9.17) is 13.9 Å². The molecule has 2 saturated heterocycles. The van der Waals surface area contributed by atoms with Crippen LogP contribution in [0.2, 0.25) is 0 Å². The van der Waals surface area contributed by atoms with Gasteiger partial charge in [0.05, 0.1) is 30.4 Å². The number of hydrogen-bond acceptors (Lipinski definition) is 6. The van der Waals surface area contributed by atoms with Crippen molar-refractivity contribution in [2.24, 2.45) is 0 Å². The summed E-state index contributed by atoms with van der Waals surface area (Å²) in [6, 6.07) is 11.0. The highest BCUT2D eigenvalue weighted by Crippen LogP contribution is 2.30. The first-order valence-corrected chi connectivity index (χ1v) is 12.2. The molecule has 4 rings (SSSR count). The van der Waals surface area contributed by atoms with E-state index in [0.29, 0.717) is 49.6 Å². The third-order valence-corrected chi connectivity index (χ3v) is 7.73. The number of benzene rings is 1. The average molecular weight is 435 g/mol. The predicted octanol–water partition coefficient (Wildman–Crippen LogP) is 3.30. The zero-order valence-electron chi connectivity index (χ0n) is 17.2. The fourth-order valence-electron chi connectivity index (χ4n) is 4.16. The van der Waals surface area contributed by atoms with Crippen LogP contribution < -0.4 is 4.74 Å². The monoisotopic (exact) mass is 434 g/mol. The predicted molar refractivity (Wildman–Crippen MR) is 113 cm³/mol. The molecule has 1 atom stereocenters. The van der Waals surface area contributed by atoms with E-state index in [9.17, 15) is 8.42 Å². The zero-order chi connectivity index (χ0) is 20.8. The smallest absolute Gasteiger partial charge is 0.243 e. The van der Waals surface area contributed by atoms with E-state index in [1.165, 1.54) is 23.6 Å². The Hall–Kier alpha value is -1.87. The fraction of sp³-hybridized carbons (Fsp3) is 0.545. The molecule has 7 nitrogen and oxygen atoms in total. The van der Waals surface area contributed by atoms with Gasteiger partial charge in [-0.1, -0.05) is 12.8 Å². The number of sulfonamides is 1. The maximum absolute atomic E-state index is 12.7. The first-order valence-electron chi connectivity index (χ1n) is 10.7. The van der Waals surface area contributed by atoms with Crippen LogP contribution in [0.3, 0.4) is 0 Å². The summed E-state index contributed by atoms with van der Waals surface area (Å²) in [4.78, 5) is 2.73. The molecule has 0 N–H and O–H groups in total. The standard InChI is InChI=1S/C22H30N2O5S/c25-30(26,24-13-16-27-17-14-24)20-9-7-19(8-10-20)28-18-12-23-11-3-1-2-5-21(23)22-6-4-15-29-22/h4,6-10,15,21H,1-3,5,11-14,16-18H2. The number of ether oxygens (including phenoxy) is 2. The van der Waals surface area contributed by atoms with Gasteiger partial charge in [-0.25, -0.2) is 8.42 Å². The molecular formula is C22H30N2O5S. The van der Waals surface area contributed by atoms with E-state index in [1.54, 1.807) is 30.5 Å². The Morgan fingerprint density at radius 1 is 1.00 bits per heavy atom. The summed E-state index contributed by atoms with van der Waals surface area (Å²) in [5, 5.41) is 0. The zero-order valence-corrected chi connectivity index (χ0v) is 18.1. The van der Waals surface area contributed by atoms with Gasteiger partial charge in [0.25, 0.3) is 0 Å². The van der Waals surface area contributed by atoms with Crippen LogP contribution in [0.1, 0.15) is 37.5 Å². The summed E-state index contributed by atoms with van der Waals surface area (Å²) in [5.74, 6) is 1.70. The first kappa shape index (κ1) is 21.4. The molecule has 1 unspecified atom stereocenters. The second kappa shape index (κ2) is 9.96. The molecule has 0 aliphatic carbocycles. The third kappa shape index (κ3) is 5.06. The average Bonchev–Trinajstić information content (AvgIpc) is 3.21. The molecule has 1 aromatic heterocycles. The highest BCUT2D eigenvalue weighted by atomic mass is 32.2. The Labute approximate surface area is 178 Å². The lowest BCUT2D eigenvalue weighted by Gasteiger charge is -2.28. The van der Waals surface area contributed by atoms with Gasteiger partial charge in [0, 0.05) is 19.6 Å². The van der Waals surface area contributed by atoms with Gasteiger partial charge in [-0.15, -0.1) is 0 Å². The van der Waals surface area contributed by atoms with Crippen LogP contribution in [0.25, 0.3) is 0 Å². The lowest BCUT2D eigenvalue weighted by molar-refractivity contribution is 0.0730. The van der Waals surface area contributed by atoms with Crippen molar-refractivity contribution in [2.75, 3.05) is 46.0 Å². The molecule has 30 heavy (non-hydrogen) atoms. The third-order valence-electron chi connectivity index (χ3n) is 5.81. The molecule has 0 amide bonds. The molecule has 0 bridgehead atoms. The van der Waals surface area contributed by atoms with E-state index in [-0.39, 0.29) is 0 Å². The molecule has 0 spiro atoms. The minimum absolute atomic E-state index is 0.294. The Kier molecular flexibility index (Phi) is 7.09. The van der Waals surface area contributed by atoms with Crippen molar-refractivity contribution >= 4 is 10.0 Å². The van der Waals surface area contributed by atoms with Crippen molar-refractivity contribution < 1.29 is 22.3 Å². The maximum Gasteiger partial charge on any atom is 0.243 e. The van der Waals surface area contributed by atoms with Crippen molar-refractivity contribution in [1.82, 2.24) is 9.21 Å². The molecule has 2 fully saturated rings. The topological polar surface area (TPSA) is 72.2 Å². The van der Waals surface area contributed by atoms with Crippen molar-refractivity contribution in [2.45, 2.75) is 36.6 Å². The van der Waals surface area contributed by atoms with Gasteiger partial charge in [-0.3, -0.25) is 4.90 Å². The number of rotatable bonds is 7. The van der Waals surface area contributed by atoms with Gasteiger partial charge in [-0.05, 0) is 55.8 Å². The number of nitrogens with zero attached hydrogens (tertiary/aromatic N) is 2. The number of morpholine rings is 1. The molecule has 3 heterocycles. The largest absolute Gasteiger partial charge is 0.492 e. The van der Waals surface area contributed by atoms with Crippen LogP contribution in [0.5, 0.6) is 5.75 Å². The second-order valence-corrected chi connectivity index (χ2v) is 9.69. The molecule has 2 aliphatic heterocycles.